The van der Waals surface area contributed by atoms with E-state index >= 15 is 0 Å². The lowest BCUT2D eigenvalue weighted by atomic mass is 9.58. The molecule has 0 radical (unpaired) electrons. The smallest absolute Gasteiger partial charge is 0.394 e. The number of phenolic OH excluding ortho intramolecular Hbond substituents is 1. The highest BCUT2D eigenvalue weighted by Crippen LogP contribution is 2.54. The Labute approximate surface area is 258 Å². The van der Waals surface area contributed by atoms with Crippen molar-refractivity contribution < 1.29 is 57.3 Å². The summed E-state index contributed by atoms with van der Waals surface area (Å²) < 4.78 is 31.6. The minimum Gasteiger partial charge on any atom is -0.510 e. The molecule has 0 heterocycles. The number of rotatable bonds is 7. The molecule has 17 nitrogen and oxygen atoms in total. The predicted octanol–water partition coefficient (Wildman–Crippen LogP) is 1.00. The second kappa shape index (κ2) is 12.4. The Balaban J connectivity index is 0.00000102. The first-order valence-corrected chi connectivity index (χ1v) is 15.2. The van der Waals surface area contributed by atoms with Crippen molar-refractivity contribution in [3.63, 3.8) is 0 Å². The molecular formula is C27H36N4O13S. The summed E-state index contributed by atoms with van der Waals surface area (Å²) in [5.74, 6) is -8.12. The van der Waals surface area contributed by atoms with Crippen LogP contribution in [0.4, 0.5) is 11.4 Å². The van der Waals surface area contributed by atoms with E-state index in [1.807, 2.05) is 25.7 Å². The molecule has 3 aliphatic rings. The van der Waals surface area contributed by atoms with Gasteiger partial charge in [-0.25, -0.2) is 0 Å². The Morgan fingerprint density at radius 3 is 2.20 bits per heavy atom. The number of nitro benzene ring substituents is 1. The number of fused-ring (bicyclic) bond motifs is 3. The summed E-state index contributed by atoms with van der Waals surface area (Å²) in [6.45, 7) is 6.19. The molecular weight excluding hydrogens is 620 g/mol. The number of hydrogen-bond donors (Lipinski definition) is 7. The summed E-state index contributed by atoms with van der Waals surface area (Å²) in [6.07, 6.45) is 0.664. The van der Waals surface area contributed by atoms with E-state index in [-0.39, 0.29) is 30.0 Å². The topological polar surface area (TPSA) is 282 Å². The van der Waals surface area contributed by atoms with Crippen LogP contribution in [0.1, 0.15) is 49.5 Å². The van der Waals surface area contributed by atoms with Crippen LogP contribution in [-0.4, -0.2) is 104 Å². The molecule has 0 fully saturated rings. The maximum atomic E-state index is 14.0. The zero-order valence-electron chi connectivity index (χ0n) is 25.1. The number of allylic oxidation sites excluding steroid dienone is 1. The molecule has 8 N–H and O–H groups in total. The lowest BCUT2D eigenvalue weighted by Gasteiger charge is -2.50. The molecule has 4 rings (SSSR count). The van der Waals surface area contributed by atoms with Crippen molar-refractivity contribution in [1.82, 2.24) is 4.90 Å². The van der Waals surface area contributed by atoms with E-state index in [4.69, 9.17) is 23.3 Å². The number of nitrogens with zero attached hydrogens (tertiary/aromatic N) is 3. The number of nitrogens with two attached hydrogens (primary N) is 1. The summed E-state index contributed by atoms with van der Waals surface area (Å²) in [4.78, 5) is 53.9. The van der Waals surface area contributed by atoms with Gasteiger partial charge in [-0.1, -0.05) is 6.92 Å². The van der Waals surface area contributed by atoms with Crippen LogP contribution < -0.4 is 10.6 Å². The van der Waals surface area contributed by atoms with Crippen molar-refractivity contribution in [2.45, 2.75) is 57.7 Å². The van der Waals surface area contributed by atoms with Gasteiger partial charge in [-0.15, -0.1) is 0 Å². The molecule has 5 atom stereocenters. The van der Waals surface area contributed by atoms with Gasteiger partial charge in [0.2, 0.25) is 11.5 Å². The van der Waals surface area contributed by atoms with Crippen LogP contribution in [0.2, 0.25) is 0 Å². The lowest BCUT2D eigenvalue weighted by Crippen LogP contribution is -2.63. The number of primary amides is 1. The number of aromatic hydroxyl groups is 1. The zero-order valence-corrected chi connectivity index (χ0v) is 25.9. The van der Waals surface area contributed by atoms with Gasteiger partial charge < -0.3 is 31.1 Å². The van der Waals surface area contributed by atoms with Crippen molar-refractivity contribution in [3.8, 4) is 5.75 Å². The number of anilines is 1. The van der Waals surface area contributed by atoms with Gasteiger partial charge in [0.05, 0.1) is 16.5 Å². The normalized spacial score (nSPS) is 25.1. The summed E-state index contributed by atoms with van der Waals surface area (Å²) in [7, 11) is -1.57. The maximum Gasteiger partial charge on any atom is 0.394 e. The van der Waals surface area contributed by atoms with E-state index in [0.717, 1.165) is 0 Å². The molecule has 45 heavy (non-hydrogen) atoms. The minimum absolute atomic E-state index is 0.0440. The summed E-state index contributed by atoms with van der Waals surface area (Å²) in [5, 5.41) is 56.8. The zero-order chi connectivity index (χ0) is 34.5. The average Bonchev–Trinajstić information content (AvgIpc) is 2.90. The standard InChI is InChI=1S/C27H34N4O9.H2O4S/c1-6-11(3)30(7-2)15-10-16(31(39)40)21(32)18-13(15)8-12-9-14-20(29(4)5)23(34)19(26(28)37)25(36)27(14,38)24(35)17(12)22(18)33;1-5(2,3)4/h10-12,14,20,32,34-35,38H,6-9H2,1-5H3,(H2,28,37);(H2,1,2,3,4)/t11?,12?,14?,20-,27-;/m0./s1. The summed E-state index contributed by atoms with van der Waals surface area (Å²) >= 11 is 0. The molecule has 0 spiro atoms. The molecule has 0 aromatic heterocycles. The van der Waals surface area contributed by atoms with Crippen LogP contribution in [0.25, 0.3) is 0 Å². The monoisotopic (exact) mass is 656 g/mol. The molecule has 18 heteroatoms. The number of ketones is 2. The number of aliphatic hydroxyl groups excluding tert-OH is 2. The molecule has 3 unspecified atom stereocenters. The molecule has 0 saturated heterocycles. The van der Waals surface area contributed by atoms with E-state index in [0.29, 0.717) is 24.2 Å². The van der Waals surface area contributed by atoms with Crippen LogP contribution in [0.15, 0.2) is 28.7 Å². The second-order valence-electron chi connectivity index (χ2n) is 11.3. The first-order valence-electron chi connectivity index (χ1n) is 13.8. The van der Waals surface area contributed by atoms with E-state index in [1.165, 1.54) is 11.0 Å². The number of Topliss-reactive ketones (excluding diaryl/α,β-unsaturated/α-hetero) is 2. The highest BCUT2D eigenvalue weighted by molar-refractivity contribution is 7.79. The number of likely N-dealkylation sites (N-methyl/N-ethyl adjacent to an activating group) is 1. The number of aliphatic hydroxyl groups is 3. The van der Waals surface area contributed by atoms with Gasteiger partial charge in [-0.3, -0.25) is 38.5 Å². The number of benzene rings is 1. The van der Waals surface area contributed by atoms with Gasteiger partial charge in [0.25, 0.3) is 5.91 Å². The summed E-state index contributed by atoms with van der Waals surface area (Å²) in [5.41, 5.74) is 0.962. The molecule has 0 saturated carbocycles. The van der Waals surface area contributed by atoms with Crippen molar-refractivity contribution >= 4 is 39.2 Å². The number of phenols is 1. The largest absolute Gasteiger partial charge is 0.510 e. The molecule has 3 aliphatic carbocycles. The molecule has 0 bridgehead atoms. The van der Waals surface area contributed by atoms with Crippen LogP contribution in [0.5, 0.6) is 5.75 Å². The number of amides is 1. The van der Waals surface area contributed by atoms with Crippen molar-refractivity contribution in [2.24, 2.45) is 17.6 Å². The average molecular weight is 657 g/mol. The number of carbonyl (C=O) groups is 3. The highest BCUT2D eigenvalue weighted by Gasteiger charge is 2.63. The maximum absolute atomic E-state index is 14.0. The Kier molecular flexibility index (Phi) is 9.72. The quantitative estimate of drug-likeness (QED) is 0.0932. The Bertz CT molecular complexity index is 1630. The van der Waals surface area contributed by atoms with Gasteiger partial charge in [0.1, 0.15) is 17.1 Å². The fourth-order valence-electron chi connectivity index (χ4n) is 6.62. The third kappa shape index (κ3) is 5.98. The highest BCUT2D eigenvalue weighted by atomic mass is 32.3. The number of hydrogen-bond acceptors (Lipinski definition) is 13. The van der Waals surface area contributed by atoms with E-state index in [1.54, 1.807) is 14.1 Å². The van der Waals surface area contributed by atoms with Gasteiger partial charge in [0.15, 0.2) is 11.4 Å². The molecule has 1 aromatic rings. The first kappa shape index (κ1) is 35.4. The Morgan fingerprint density at radius 1 is 1.20 bits per heavy atom. The predicted molar refractivity (Wildman–Crippen MR) is 157 cm³/mol. The van der Waals surface area contributed by atoms with Crippen LogP contribution in [-0.2, 0) is 26.4 Å². The SMILES string of the molecule is CCC(C)N(CC)c1cc([N+](=O)[O-])c(O)c2c1CC1CC3[C@H](N(C)C)C(O)=C(C(N)=O)C(=O)[C@@]3(O)C(O)=C1C2=O.O=S(=O)(O)O. The van der Waals surface area contributed by atoms with Gasteiger partial charge in [-0.05, 0) is 58.7 Å². The van der Waals surface area contributed by atoms with Crippen molar-refractivity contribution in [3.05, 3.63) is 50.0 Å². The number of carbonyl (C=O) groups excluding carboxylic acids is 3. The van der Waals surface area contributed by atoms with E-state index < -0.39 is 84.8 Å². The van der Waals surface area contributed by atoms with Crippen molar-refractivity contribution in [1.29, 1.82) is 0 Å². The molecule has 1 amide bonds. The fourth-order valence-corrected chi connectivity index (χ4v) is 6.62. The number of nitro groups is 1. The van der Waals surface area contributed by atoms with Crippen LogP contribution >= 0.6 is 0 Å². The van der Waals surface area contributed by atoms with E-state index in [2.05, 4.69) is 0 Å². The minimum atomic E-state index is -4.67. The van der Waals surface area contributed by atoms with Crippen LogP contribution in [0, 0.1) is 22.0 Å². The van der Waals surface area contributed by atoms with Crippen LogP contribution in [0.3, 0.4) is 0 Å². The third-order valence-electron chi connectivity index (χ3n) is 8.65. The second-order valence-corrected chi connectivity index (χ2v) is 12.2. The van der Waals surface area contributed by atoms with Gasteiger partial charge in [0, 0.05) is 35.8 Å². The Morgan fingerprint density at radius 2 is 1.76 bits per heavy atom. The third-order valence-corrected chi connectivity index (χ3v) is 8.65. The Hall–Kier alpha value is -4.10. The molecule has 1 aromatic carbocycles. The first-order chi connectivity index (χ1) is 20.6. The van der Waals surface area contributed by atoms with Gasteiger partial charge >= 0.3 is 16.1 Å². The fraction of sp³-hybridized carbons (Fsp3) is 0.519. The molecule has 248 valence electrons. The van der Waals surface area contributed by atoms with Crippen molar-refractivity contribution in [2.75, 3.05) is 25.5 Å². The van der Waals surface area contributed by atoms with Gasteiger partial charge in [-0.2, -0.15) is 8.42 Å². The lowest BCUT2D eigenvalue weighted by molar-refractivity contribution is -0.385. The molecule has 0 aliphatic heterocycles. The summed E-state index contributed by atoms with van der Waals surface area (Å²) in [6, 6.07) is 0.0617. The van der Waals surface area contributed by atoms with E-state index in [9.17, 15) is 44.9 Å².